The molecule has 1 N–H and O–H groups in total. The van der Waals surface area contributed by atoms with E-state index in [1.54, 1.807) is 0 Å². The Morgan fingerprint density at radius 2 is 2.12 bits per heavy atom. The molecule has 0 unspecified atom stereocenters. The van der Waals surface area contributed by atoms with E-state index < -0.39 is 0 Å². The third-order valence-electron chi connectivity index (χ3n) is 3.91. The van der Waals surface area contributed by atoms with Gasteiger partial charge in [-0.05, 0) is 44.1 Å². The average Bonchev–Trinajstić information content (AvgIpc) is 2.29. The molecule has 4 heteroatoms. The van der Waals surface area contributed by atoms with Crippen molar-refractivity contribution in [2.45, 2.75) is 38.6 Å². The van der Waals surface area contributed by atoms with Crippen molar-refractivity contribution in [2.75, 3.05) is 31.1 Å². The van der Waals surface area contributed by atoms with Crippen LogP contribution in [0, 0.1) is 5.92 Å². The molecule has 0 spiro atoms. The monoisotopic (exact) mass is 256 g/mol. The van der Waals surface area contributed by atoms with Crippen LogP contribution in [0.4, 0.5) is 0 Å². The molecule has 98 valence electrons. The van der Waals surface area contributed by atoms with Crippen molar-refractivity contribution in [3.63, 3.8) is 0 Å². The standard InChI is InChI=1S/C13H24N2OS/c1-13(2)10-14-5-6-15(13)12(16)9-11-3-7-17-8-4-11/h11,14H,3-10H2,1-2H3. The highest BCUT2D eigenvalue weighted by Crippen LogP contribution is 2.27. The number of thioether (sulfide) groups is 1. The van der Waals surface area contributed by atoms with Gasteiger partial charge >= 0.3 is 0 Å². The smallest absolute Gasteiger partial charge is 0.223 e. The van der Waals surface area contributed by atoms with Gasteiger partial charge in [-0.1, -0.05) is 0 Å². The van der Waals surface area contributed by atoms with Gasteiger partial charge in [0.2, 0.25) is 5.91 Å². The second-order valence-electron chi connectivity index (χ2n) is 5.79. The first-order chi connectivity index (χ1) is 8.09. The minimum atomic E-state index is -0.0151. The molecule has 2 heterocycles. The van der Waals surface area contributed by atoms with Gasteiger partial charge in [-0.25, -0.2) is 0 Å². The molecule has 2 aliphatic heterocycles. The molecule has 0 aromatic heterocycles. The Morgan fingerprint density at radius 3 is 2.76 bits per heavy atom. The zero-order valence-corrected chi connectivity index (χ0v) is 11.8. The van der Waals surface area contributed by atoms with E-state index in [2.05, 4.69) is 24.1 Å². The summed E-state index contributed by atoms with van der Waals surface area (Å²) in [5.74, 6) is 3.48. The lowest BCUT2D eigenvalue weighted by molar-refractivity contribution is -0.138. The minimum absolute atomic E-state index is 0.0151. The molecule has 0 atom stereocenters. The zero-order valence-electron chi connectivity index (χ0n) is 11.0. The van der Waals surface area contributed by atoms with Gasteiger partial charge < -0.3 is 10.2 Å². The summed E-state index contributed by atoms with van der Waals surface area (Å²) in [5, 5.41) is 3.37. The molecule has 2 aliphatic rings. The Bertz CT molecular complexity index is 275. The molecule has 2 fully saturated rings. The van der Waals surface area contributed by atoms with E-state index in [4.69, 9.17) is 0 Å². The van der Waals surface area contributed by atoms with E-state index in [1.807, 2.05) is 11.8 Å². The van der Waals surface area contributed by atoms with Crippen LogP contribution in [0.1, 0.15) is 33.1 Å². The number of carbonyl (C=O) groups is 1. The maximum absolute atomic E-state index is 12.4. The summed E-state index contributed by atoms with van der Waals surface area (Å²) in [7, 11) is 0. The molecule has 0 aromatic rings. The lowest BCUT2D eigenvalue weighted by Gasteiger charge is -2.43. The highest BCUT2D eigenvalue weighted by Gasteiger charge is 2.33. The minimum Gasteiger partial charge on any atom is -0.335 e. The molecule has 0 saturated carbocycles. The summed E-state index contributed by atoms with van der Waals surface area (Å²) in [4.78, 5) is 14.5. The average molecular weight is 256 g/mol. The van der Waals surface area contributed by atoms with Crippen LogP contribution in [0.3, 0.4) is 0 Å². The number of nitrogens with zero attached hydrogens (tertiary/aromatic N) is 1. The number of hydrogen-bond donors (Lipinski definition) is 1. The van der Waals surface area contributed by atoms with Gasteiger partial charge in [0.1, 0.15) is 0 Å². The summed E-state index contributed by atoms with van der Waals surface area (Å²) < 4.78 is 0. The second kappa shape index (κ2) is 5.61. The lowest BCUT2D eigenvalue weighted by atomic mass is 9.94. The molecule has 2 saturated heterocycles. The summed E-state index contributed by atoms with van der Waals surface area (Å²) >= 11 is 2.03. The van der Waals surface area contributed by atoms with Crippen molar-refractivity contribution in [2.24, 2.45) is 5.92 Å². The quantitative estimate of drug-likeness (QED) is 0.816. The van der Waals surface area contributed by atoms with Crippen LogP contribution in [-0.2, 0) is 4.79 Å². The van der Waals surface area contributed by atoms with Crippen LogP contribution in [-0.4, -0.2) is 47.5 Å². The number of amides is 1. The van der Waals surface area contributed by atoms with Gasteiger partial charge in [0.25, 0.3) is 0 Å². The summed E-state index contributed by atoms with van der Waals surface area (Å²) in [6.07, 6.45) is 3.22. The first kappa shape index (κ1) is 13.2. The van der Waals surface area contributed by atoms with Crippen LogP contribution in [0.15, 0.2) is 0 Å². The van der Waals surface area contributed by atoms with E-state index in [9.17, 15) is 4.79 Å². The van der Waals surface area contributed by atoms with E-state index >= 15 is 0 Å². The third-order valence-corrected chi connectivity index (χ3v) is 4.95. The molecule has 1 amide bonds. The first-order valence-electron chi connectivity index (χ1n) is 6.68. The molecule has 0 aromatic carbocycles. The Kier molecular flexibility index (Phi) is 4.36. The molecule has 2 rings (SSSR count). The highest BCUT2D eigenvalue weighted by atomic mass is 32.2. The molecular weight excluding hydrogens is 232 g/mol. The molecule has 17 heavy (non-hydrogen) atoms. The van der Waals surface area contributed by atoms with Gasteiger partial charge in [-0.3, -0.25) is 4.79 Å². The molecule has 0 bridgehead atoms. The lowest BCUT2D eigenvalue weighted by Crippen LogP contribution is -2.60. The van der Waals surface area contributed by atoms with Crippen molar-refractivity contribution in [3.8, 4) is 0 Å². The summed E-state index contributed by atoms with van der Waals surface area (Å²) in [5.41, 5.74) is -0.0151. The highest BCUT2D eigenvalue weighted by molar-refractivity contribution is 7.99. The topological polar surface area (TPSA) is 32.3 Å². The summed E-state index contributed by atoms with van der Waals surface area (Å²) in [6.45, 7) is 7.05. The van der Waals surface area contributed by atoms with Crippen LogP contribution < -0.4 is 5.32 Å². The number of nitrogens with one attached hydrogen (secondary N) is 1. The van der Waals surface area contributed by atoms with E-state index in [0.29, 0.717) is 11.8 Å². The number of carbonyl (C=O) groups excluding carboxylic acids is 1. The third kappa shape index (κ3) is 3.38. The van der Waals surface area contributed by atoms with Gasteiger partial charge in [0.15, 0.2) is 0 Å². The summed E-state index contributed by atoms with van der Waals surface area (Å²) in [6, 6.07) is 0. The Morgan fingerprint density at radius 1 is 1.41 bits per heavy atom. The fourth-order valence-corrected chi connectivity index (χ4v) is 3.96. The Balaban J connectivity index is 1.89. The SMILES string of the molecule is CC1(C)CNCCN1C(=O)CC1CCSCC1. The number of piperazine rings is 1. The van der Waals surface area contributed by atoms with Crippen molar-refractivity contribution >= 4 is 17.7 Å². The molecule has 3 nitrogen and oxygen atoms in total. The normalized spacial score (nSPS) is 25.9. The maximum atomic E-state index is 12.4. The van der Waals surface area contributed by atoms with E-state index in [0.717, 1.165) is 26.1 Å². The Labute approximate surface area is 109 Å². The largest absolute Gasteiger partial charge is 0.335 e. The number of hydrogen-bond acceptors (Lipinski definition) is 3. The fraction of sp³-hybridized carbons (Fsp3) is 0.923. The van der Waals surface area contributed by atoms with E-state index in [1.165, 1.54) is 24.3 Å². The molecular formula is C13H24N2OS. The second-order valence-corrected chi connectivity index (χ2v) is 7.02. The van der Waals surface area contributed by atoms with Gasteiger partial charge in [0.05, 0.1) is 0 Å². The first-order valence-corrected chi connectivity index (χ1v) is 7.84. The van der Waals surface area contributed by atoms with Crippen LogP contribution in [0.25, 0.3) is 0 Å². The van der Waals surface area contributed by atoms with Crippen molar-refractivity contribution in [1.82, 2.24) is 10.2 Å². The van der Waals surface area contributed by atoms with Crippen LogP contribution in [0.2, 0.25) is 0 Å². The zero-order chi connectivity index (χ0) is 12.3. The molecule has 0 radical (unpaired) electrons. The van der Waals surface area contributed by atoms with Gasteiger partial charge in [-0.2, -0.15) is 11.8 Å². The van der Waals surface area contributed by atoms with Crippen LogP contribution >= 0.6 is 11.8 Å². The van der Waals surface area contributed by atoms with Crippen LogP contribution in [0.5, 0.6) is 0 Å². The molecule has 0 aliphatic carbocycles. The Hall–Kier alpha value is -0.220. The fourth-order valence-electron chi connectivity index (χ4n) is 2.75. The predicted molar refractivity (Wildman–Crippen MR) is 73.3 cm³/mol. The van der Waals surface area contributed by atoms with Gasteiger partial charge in [0, 0.05) is 31.6 Å². The predicted octanol–water partition coefficient (Wildman–Crippen LogP) is 1.73. The van der Waals surface area contributed by atoms with Crippen molar-refractivity contribution < 1.29 is 4.79 Å². The van der Waals surface area contributed by atoms with E-state index in [-0.39, 0.29) is 5.54 Å². The van der Waals surface area contributed by atoms with Crippen molar-refractivity contribution in [3.05, 3.63) is 0 Å². The van der Waals surface area contributed by atoms with Crippen molar-refractivity contribution in [1.29, 1.82) is 0 Å². The van der Waals surface area contributed by atoms with Gasteiger partial charge in [-0.15, -0.1) is 0 Å². The number of rotatable bonds is 2. The maximum Gasteiger partial charge on any atom is 0.223 e.